The van der Waals surface area contributed by atoms with Gasteiger partial charge in [-0.3, -0.25) is 4.79 Å². The van der Waals surface area contributed by atoms with Gasteiger partial charge < -0.3 is 16.4 Å². The quantitative estimate of drug-likeness (QED) is 0.691. The normalized spacial score (nSPS) is 20.6. The Bertz CT molecular complexity index is 442. The average molecular weight is 219 g/mol. The maximum Gasteiger partial charge on any atom is 0.228 e. The molecule has 0 aromatic heterocycles. The third kappa shape index (κ3) is 1.76. The summed E-state index contributed by atoms with van der Waals surface area (Å²) in [4.78, 5) is 13.4. The van der Waals surface area contributed by atoms with Gasteiger partial charge in [-0.25, -0.2) is 0 Å². The van der Waals surface area contributed by atoms with Crippen LogP contribution in [0.3, 0.4) is 0 Å². The van der Waals surface area contributed by atoms with Gasteiger partial charge >= 0.3 is 0 Å². The molecule has 4 N–H and O–H groups in total. The molecule has 0 radical (unpaired) electrons. The minimum Gasteiger partial charge on any atom is -0.397 e. The zero-order chi connectivity index (χ0) is 11.9. The molecule has 0 bridgehead atoms. The van der Waals surface area contributed by atoms with Crippen molar-refractivity contribution in [1.82, 2.24) is 0 Å². The topological polar surface area (TPSA) is 72.3 Å². The Morgan fingerprint density at radius 2 is 1.94 bits per heavy atom. The molecule has 1 aromatic rings. The van der Waals surface area contributed by atoms with Crippen LogP contribution in [-0.4, -0.2) is 18.5 Å². The molecular formula is C12H17N3O. The number of aryl methyl sites for hydroxylation is 2. The van der Waals surface area contributed by atoms with E-state index in [1.54, 1.807) is 4.90 Å². The molecule has 1 amide bonds. The second-order valence-corrected chi connectivity index (χ2v) is 4.46. The predicted molar refractivity (Wildman–Crippen MR) is 65.3 cm³/mol. The number of hydrogen-bond donors (Lipinski definition) is 2. The number of nitrogens with zero attached hydrogens (tertiary/aromatic N) is 1. The van der Waals surface area contributed by atoms with Crippen molar-refractivity contribution < 1.29 is 4.79 Å². The third-order valence-corrected chi connectivity index (χ3v) is 3.09. The largest absolute Gasteiger partial charge is 0.397 e. The highest BCUT2D eigenvalue weighted by Crippen LogP contribution is 2.29. The van der Waals surface area contributed by atoms with Gasteiger partial charge in [-0.1, -0.05) is 0 Å². The second kappa shape index (κ2) is 3.79. The fraction of sp³-hybridized carbons (Fsp3) is 0.417. The van der Waals surface area contributed by atoms with E-state index in [1.807, 2.05) is 26.0 Å². The Labute approximate surface area is 95.2 Å². The minimum atomic E-state index is -0.0755. The minimum absolute atomic E-state index is 0.0578. The van der Waals surface area contributed by atoms with Crippen LogP contribution in [0.5, 0.6) is 0 Å². The molecule has 1 unspecified atom stereocenters. The standard InChI is InChI=1S/C12H17N3O/c1-7-3-10(14)11(4-8(7)2)15-6-9(13)5-12(15)16/h3-4,9H,5-6,13-14H2,1-2H3. The summed E-state index contributed by atoms with van der Waals surface area (Å²) in [5.41, 5.74) is 15.4. The first-order chi connectivity index (χ1) is 7.49. The summed E-state index contributed by atoms with van der Waals surface area (Å²) in [7, 11) is 0. The van der Waals surface area contributed by atoms with E-state index in [2.05, 4.69) is 0 Å². The van der Waals surface area contributed by atoms with Crippen LogP contribution in [-0.2, 0) is 4.79 Å². The highest BCUT2D eigenvalue weighted by atomic mass is 16.2. The van der Waals surface area contributed by atoms with Crippen LogP contribution in [0.25, 0.3) is 0 Å². The summed E-state index contributed by atoms with van der Waals surface area (Å²) in [6, 6.07) is 3.79. The lowest BCUT2D eigenvalue weighted by atomic mass is 10.1. The first kappa shape index (κ1) is 11.0. The number of carbonyl (C=O) groups is 1. The summed E-state index contributed by atoms with van der Waals surface area (Å²) in [6.07, 6.45) is 0.409. The van der Waals surface area contributed by atoms with E-state index in [9.17, 15) is 4.79 Å². The molecule has 1 atom stereocenters. The van der Waals surface area contributed by atoms with Crippen molar-refractivity contribution in [2.24, 2.45) is 5.73 Å². The van der Waals surface area contributed by atoms with Crippen molar-refractivity contribution in [1.29, 1.82) is 0 Å². The molecule has 1 aromatic carbocycles. The lowest BCUT2D eigenvalue weighted by Crippen LogP contribution is -2.28. The van der Waals surface area contributed by atoms with Gasteiger partial charge in [0, 0.05) is 19.0 Å². The molecule has 4 heteroatoms. The molecule has 86 valence electrons. The van der Waals surface area contributed by atoms with E-state index in [-0.39, 0.29) is 11.9 Å². The SMILES string of the molecule is Cc1cc(N)c(N2CC(N)CC2=O)cc1C. The van der Waals surface area contributed by atoms with Crippen LogP contribution < -0.4 is 16.4 Å². The third-order valence-electron chi connectivity index (χ3n) is 3.09. The van der Waals surface area contributed by atoms with Crippen LogP contribution in [0, 0.1) is 13.8 Å². The molecule has 1 fully saturated rings. The van der Waals surface area contributed by atoms with E-state index >= 15 is 0 Å². The number of rotatable bonds is 1. The van der Waals surface area contributed by atoms with E-state index in [1.165, 1.54) is 0 Å². The van der Waals surface area contributed by atoms with Crippen LogP contribution in [0.4, 0.5) is 11.4 Å². The van der Waals surface area contributed by atoms with E-state index in [4.69, 9.17) is 11.5 Å². The Balaban J connectivity index is 2.41. The van der Waals surface area contributed by atoms with Crippen LogP contribution in [0.1, 0.15) is 17.5 Å². The molecule has 0 spiro atoms. The molecule has 0 saturated carbocycles. The molecule has 1 aliphatic heterocycles. The molecular weight excluding hydrogens is 202 g/mol. The Morgan fingerprint density at radius 1 is 1.31 bits per heavy atom. The van der Waals surface area contributed by atoms with Gasteiger partial charge in [0.05, 0.1) is 11.4 Å². The predicted octanol–water partition coefficient (Wildman–Crippen LogP) is 0.950. The van der Waals surface area contributed by atoms with E-state index < -0.39 is 0 Å². The van der Waals surface area contributed by atoms with Gasteiger partial charge in [-0.15, -0.1) is 0 Å². The molecule has 1 heterocycles. The second-order valence-electron chi connectivity index (χ2n) is 4.46. The zero-order valence-corrected chi connectivity index (χ0v) is 9.66. The smallest absolute Gasteiger partial charge is 0.228 e. The number of amides is 1. The van der Waals surface area contributed by atoms with Gasteiger partial charge in [0.1, 0.15) is 0 Å². The van der Waals surface area contributed by atoms with Crippen molar-refractivity contribution >= 4 is 17.3 Å². The van der Waals surface area contributed by atoms with Gasteiger partial charge in [0.2, 0.25) is 5.91 Å². The molecule has 16 heavy (non-hydrogen) atoms. The van der Waals surface area contributed by atoms with Gasteiger partial charge in [0.15, 0.2) is 0 Å². The summed E-state index contributed by atoms with van der Waals surface area (Å²) in [5.74, 6) is 0.0578. The zero-order valence-electron chi connectivity index (χ0n) is 9.66. The summed E-state index contributed by atoms with van der Waals surface area (Å²) in [5, 5.41) is 0. The van der Waals surface area contributed by atoms with E-state index in [0.717, 1.165) is 16.8 Å². The summed E-state index contributed by atoms with van der Waals surface area (Å²) < 4.78 is 0. The number of carbonyl (C=O) groups excluding carboxylic acids is 1. The van der Waals surface area contributed by atoms with Crippen molar-refractivity contribution in [3.05, 3.63) is 23.3 Å². The van der Waals surface area contributed by atoms with Crippen molar-refractivity contribution in [3.63, 3.8) is 0 Å². The summed E-state index contributed by atoms with van der Waals surface area (Å²) >= 11 is 0. The Morgan fingerprint density at radius 3 is 2.50 bits per heavy atom. The van der Waals surface area contributed by atoms with Crippen molar-refractivity contribution in [3.8, 4) is 0 Å². The average Bonchev–Trinajstić information content (AvgIpc) is 2.51. The first-order valence-corrected chi connectivity index (χ1v) is 5.41. The molecule has 2 rings (SSSR count). The number of nitrogen functional groups attached to an aromatic ring is 1. The Kier molecular flexibility index (Phi) is 2.59. The molecule has 1 saturated heterocycles. The summed E-state index contributed by atoms with van der Waals surface area (Å²) in [6.45, 7) is 4.58. The Hall–Kier alpha value is -1.55. The van der Waals surface area contributed by atoms with Crippen molar-refractivity contribution in [2.45, 2.75) is 26.3 Å². The highest BCUT2D eigenvalue weighted by molar-refractivity contribution is 5.99. The molecule has 4 nitrogen and oxygen atoms in total. The lowest BCUT2D eigenvalue weighted by molar-refractivity contribution is -0.117. The number of anilines is 2. The van der Waals surface area contributed by atoms with Gasteiger partial charge in [-0.05, 0) is 37.1 Å². The molecule has 1 aliphatic rings. The molecule has 0 aliphatic carbocycles. The first-order valence-electron chi connectivity index (χ1n) is 5.41. The maximum absolute atomic E-state index is 11.7. The van der Waals surface area contributed by atoms with Crippen LogP contribution in [0.15, 0.2) is 12.1 Å². The number of nitrogens with two attached hydrogens (primary N) is 2. The highest BCUT2D eigenvalue weighted by Gasteiger charge is 2.29. The maximum atomic E-state index is 11.7. The van der Waals surface area contributed by atoms with Crippen LogP contribution in [0.2, 0.25) is 0 Å². The fourth-order valence-corrected chi connectivity index (χ4v) is 2.03. The lowest BCUT2D eigenvalue weighted by Gasteiger charge is -2.19. The van der Waals surface area contributed by atoms with Gasteiger partial charge in [0.25, 0.3) is 0 Å². The van der Waals surface area contributed by atoms with E-state index in [0.29, 0.717) is 18.7 Å². The number of hydrogen-bond acceptors (Lipinski definition) is 3. The monoisotopic (exact) mass is 219 g/mol. The number of benzene rings is 1. The fourth-order valence-electron chi connectivity index (χ4n) is 2.03. The van der Waals surface area contributed by atoms with Crippen LogP contribution >= 0.6 is 0 Å². The van der Waals surface area contributed by atoms with Gasteiger partial charge in [-0.2, -0.15) is 0 Å². The van der Waals surface area contributed by atoms with Crippen molar-refractivity contribution in [2.75, 3.05) is 17.2 Å².